The van der Waals surface area contributed by atoms with Crippen molar-refractivity contribution < 1.29 is 24.2 Å². The second-order valence-electron chi connectivity index (χ2n) is 7.76. The fraction of sp³-hybridized carbons (Fsp3) is 0.529. The maximum atomic E-state index is 11.4. The van der Waals surface area contributed by atoms with Gasteiger partial charge in [-0.05, 0) is 41.4 Å². The van der Waals surface area contributed by atoms with E-state index in [1.807, 2.05) is 18.2 Å². The minimum absolute atomic E-state index is 0.0599. The van der Waals surface area contributed by atoms with Crippen LogP contribution in [0.4, 0.5) is 4.79 Å². The van der Waals surface area contributed by atoms with Crippen molar-refractivity contribution in [2.75, 3.05) is 0 Å². The van der Waals surface area contributed by atoms with Gasteiger partial charge in [0.1, 0.15) is 11.8 Å². The molecule has 24 heavy (non-hydrogen) atoms. The van der Waals surface area contributed by atoms with Crippen molar-refractivity contribution in [3.8, 4) is 5.75 Å². The van der Waals surface area contributed by atoms with E-state index in [0.29, 0.717) is 0 Å². The average molecular weight is 351 g/mol. The molecule has 7 heteroatoms. The molecule has 1 amide bonds. The maximum absolute atomic E-state index is 11.4. The number of carboxylic acids is 1. The molecule has 132 valence electrons. The molecule has 2 rings (SSSR count). The first-order chi connectivity index (χ1) is 10.9. The van der Waals surface area contributed by atoms with Crippen LogP contribution < -0.4 is 4.43 Å². The van der Waals surface area contributed by atoms with Crippen molar-refractivity contribution in [1.29, 1.82) is 0 Å². The summed E-state index contributed by atoms with van der Waals surface area (Å²) in [5, 5.41) is 18.6. The molecule has 0 saturated heterocycles. The lowest BCUT2D eigenvalue weighted by Gasteiger charge is -2.37. The molecule has 1 aromatic rings. The first kappa shape index (κ1) is 18.3. The first-order valence-corrected chi connectivity index (χ1v) is 10.9. The van der Waals surface area contributed by atoms with Gasteiger partial charge in [-0.3, -0.25) is 4.90 Å². The van der Waals surface area contributed by atoms with Gasteiger partial charge in [-0.1, -0.05) is 26.8 Å². The second kappa shape index (κ2) is 6.12. The Labute approximate surface area is 143 Å². The highest BCUT2D eigenvalue weighted by molar-refractivity contribution is 6.74. The smallest absolute Gasteiger partial charge is 0.408 e. The van der Waals surface area contributed by atoms with Gasteiger partial charge in [0.25, 0.3) is 0 Å². The number of nitrogens with zero attached hydrogens (tertiary/aromatic N) is 1. The Kier molecular flexibility index (Phi) is 4.67. The van der Waals surface area contributed by atoms with Crippen LogP contribution in [0.1, 0.15) is 31.9 Å². The Morgan fingerprint density at radius 2 is 1.83 bits per heavy atom. The van der Waals surface area contributed by atoms with Gasteiger partial charge in [-0.15, -0.1) is 0 Å². The third-order valence-corrected chi connectivity index (χ3v) is 9.38. The van der Waals surface area contributed by atoms with E-state index in [2.05, 4.69) is 33.9 Å². The summed E-state index contributed by atoms with van der Waals surface area (Å²) in [6, 6.07) is 4.52. The third kappa shape index (κ3) is 3.56. The van der Waals surface area contributed by atoms with Crippen LogP contribution in [0.2, 0.25) is 18.1 Å². The van der Waals surface area contributed by atoms with Crippen molar-refractivity contribution in [3.63, 3.8) is 0 Å². The quantitative estimate of drug-likeness (QED) is 0.813. The zero-order chi connectivity index (χ0) is 18.3. The van der Waals surface area contributed by atoms with E-state index >= 15 is 0 Å². The highest BCUT2D eigenvalue weighted by Crippen LogP contribution is 2.38. The Morgan fingerprint density at radius 3 is 2.33 bits per heavy atom. The summed E-state index contributed by atoms with van der Waals surface area (Å²) in [5.74, 6) is -0.399. The van der Waals surface area contributed by atoms with E-state index in [1.165, 1.54) is 0 Å². The topological polar surface area (TPSA) is 87.1 Å². The lowest BCUT2D eigenvalue weighted by atomic mass is 9.94. The normalized spacial score (nSPS) is 18.0. The van der Waals surface area contributed by atoms with Crippen LogP contribution >= 0.6 is 0 Å². The van der Waals surface area contributed by atoms with Crippen LogP contribution in [0.25, 0.3) is 0 Å². The fourth-order valence-corrected chi connectivity index (χ4v) is 3.52. The summed E-state index contributed by atoms with van der Waals surface area (Å²) >= 11 is 0. The van der Waals surface area contributed by atoms with E-state index in [4.69, 9.17) is 4.43 Å². The third-order valence-electron chi connectivity index (χ3n) is 5.02. The van der Waals surface area contributed by atoms with Gasteiger partial charge in [0.05, 0.1) is 6.54 Å². The maximum Gasteiger partial charge on any atom is 0.408 e. The van der Waals surface area contributed by atoms with Crippen molar-refractivity contribution in [2.24, 2.45) is 0 Å². The number of hydrogen-bond donors (Lipinski definition) is 2. The predicted octanol–water partition coefficient (Wildman–Crippen LogP) is 3.56. The van der Waals surface area contributed by atoms with E-state index in [9.17, 15) is 19.8 Å². The fourth-order valence-electron chi connectivity index (χ4n) is 2.49. The molecular weight excluding hydrogens is 326 g/mol. The number of carboxylic acid groups (broad SMARTS) is 2. The van der Waals surface area contributed by atoms with Crippen molar-refractivity contribution in [3.05, 3.63) is 29.3 Å². The van der Waals surface area contributed by atoms with Crippen LogP contribution in [0.3, 0.4) is 0 Å². The molecule has 6 nitrogen and oxygen atoms in total. The molecule has 0 aliphatic carbocycles. The zero-order valence-electron chi connectivity index (χ0n) is 14.8. The molecule has 0 radical (unpaired) electrons. The number of rotatable bonds is 3. The van der Waals surface area contributed by atoms with Crippen LogP contribution in [0.5, 0.6) is 5.75 Å². The van der Waals surface area contributed by atoms with Gasteiger partial charge in [-0.25, -0.2) is 9.59 Å². The Balaban J connectivity index is 2.31. The molecule has 1 aromatic carbocycles. The predicted molar refractivity (Wildman–Crippen MR) is 93.0 cm³/mol. The largest absolute Gasteiger partial charge is 0.543 e. The summed E-state index contributed by atoms with van der Waals surface area (Å²) in [4.78, 5) is 23.7. The highest BCUT2D eigenvalue weighted by Gasteiger charge is 2.39. The van der Waals surface area contributed by atoms with Crippen LogP contribution in [-0.4, -0.2) is 41.5 Å². The lowest BCUT2D eigenvalue weighted by Crippen LogP contribution is -2.48. The van der Waals surface area contributed by atoms with Gasteiger partial charge in [0.2, 0.25) is 8.32 Å². The lowest BCUT2D eigenvalue weighted by molar-refractivity contribution is -0.143. The molecule has 1 heterocycles. The van der Waals surface area contributed by atoms with Crippen LogP contribution in [-0.2, 0) is 17.8 Å². The monoisotopic (exact) mass is 351 g/mol. The van der Waals surface area contributed by atoms with E-state index in [1.54, 1.807) is 0 Å². The van der Waals surface area contributed by atoms with E-state index < -0.39 is 26.4 Å². The molecule has 1 atom stereocenters. The number of aliphatic carboxylic acids is 1. The molecule has 0 saturated carbocycles. The highest BCUT2D eigenvalue weighted by atomic mass is 28.4. The number of benzene rings is 1. The van der Waals surface area contributed by atoms with Gasteiger partial charge < -0.3 is 14.6 Å². The summed E-state index contributed by atoms with van der Waals surface area (Å²) < 4.78 is 6.26. The molecule has 0 fully saturated rings. The van der Waals surface area contributed by atoms with Crippen LogP contribution in [0.15, 0.2) is 18.2 Å². The van der Waals surface area contributed by atoms with E-state index in [-0.39, 0.29) is 18.0 Å². The first-order valence-electron chi connectivity index (χ1n) is 7.95. The van der Waals surface area contributed by atoms with Gasteiger partial charge in [0, 0.05) is 6.42 Å². The molecule has 1 aliphatic rings. The molecule has 0 spiro atoms. The van der Waals surface area contributed by atoms with Crippen molar-refractivity contribution in [1.82, 2.24) is 4.90 Å². The SMILES string of the molecule is CC(C)(C)[Si](C)(C)Oc1ccc2c(c1)CN(C(=O)O)C(C(=O)O)C2. The standard InChI is InChI=1S/C17H25NO5Si/c1-17(2,3)24(4,5)23-13-7-6-11-9-14(15(19)20)18(16(21)22)10-12(11)8-13/h6-8,14H,9-10H2,1-5H3,(H,19,20)(H,21,22). The molecule has 2 N–H and O–H groups in total. The second-order valence-corrected chi connectivity index (χ2v) is 12.5. The minimum atomic E-state index is -1.99. The summed E-state index contributed by atoms with van der Waals surface area (Å²) in [5.41, 5.74) is 1.67. The van der Waals surface area contributed by atoms with Crippen molar-refractivity contribution >= 4 is 20.4 Å². The number of hydrogen-bond acceptors (Lipinski definition) is 3. The van der Waals surface area contributed by atoms with E-state index in [0.717, 1.165) is 21.8 Å². The van der Waals surface area contributed by atoms with Crippen LogP contribution in [0, 0.1) is 0 Å². The van der Waals surface area contributed by atoms with Gasteiger partial charge in [-0.2, -0.15) is 0 Å². The summed E-state index contributed by atoms with van der Waals surface area (Å²) in [6.45, 7) is 10.8. The number of amides is 1. The minimum Gasteiger partial charge on any atom is -0.543 e. The molecule has 1 aliphatic heterocycles. The average Bonchev–Trinajstić information content (AvgIpc) is 2.43. The van der Waals surface area contributed by atoms with Gasteiger partial charge in [0.15, 0.2) is 0 Å². The zero-order valence-corrected chi connectivity index (χ0v) is 15.8. The summed E-state index contributed by atoms with van der Waals surface area (Å²) in [6.07, 6.45) is -1.04. The Hall–Kier alpha value is -2.02. The van der Waals surface area contributed by atoms with Crippen molar-refractivity contribution in [2.45, 2.75) is 57.9 Å². The molecule has 0 bridgehead atoms. The molecule has 0 aromatic heterocycles. The Morgan fingerprint density at radius 1 is 1.21 bits per heavy atom. The summed E-state index contributed by atoms with van der Waals surface area (Å²) in [7, 11) is -1.99. The molecular formula is C17H25NO5Si. The van der Waals surface area contributed by atoms with Gasteiger partial charge >= 0.3 is 12.1 Å². The number of fused-ring (bicyclic) bond motifs is 1. The Bertz CT molecular complexity index is 665. The molecule has 1 unspecified atom stereocenters. The number of carbonyl (C=O) groups is 2.